The zero-order chi connectivity index (χ0) is 29.8. The van der Waals surface area contributed by atoms with Gasteiger partial charge in [0.2, 0.25) is 5.91 Å². The molecule has 1 spiro atoms. The molecule has 218 valence electrons. The van der Waals surface area contributed by atoms with Crippen LogP contribution in [0.4, 0.5) is 14.5 Å². The standard InChI is InChI=1S/C29H29F2N7O4/c1-13(2)24-26(38-42-37-24)28(40)34-25(23-17-9-18(30)19(31)10-21(17)41-12-29(23)7-8-29)27(39)33-16-5-6-20(32-11-16)22-14(3)35-36-15(22)4/h5-6,9-11,13,23,25H,7-8,12H2,1-4H3,(H,33,39)(H,34,40)(H,35,36)/t23?,25-/m0/s1. The summed E-state index contributed by atoms with van der Waals surface area (Å²) in [6, 6.07) is 4.27. The van der Waals surface area contributed by atoms with Gasteiger partial charge < -0.3 is 15.4 Å². The van der Waals surface area contributed by atoms with E-state index >= 15 is 0 Å². The van der Waals surface area contributed by atoms with Crippen LogP contribution in [0, 0.1) is 30.9 Å². The maximum atomic E-state index is 14.5. The highest BCUT2D eigenvalue weighted by atomic mass is 19.2. The van der Waals surface area contributed by atoms with Gasteiger partial charge in [0.05, 0.1) is 29.9 Å². The van der Waals surface area contributed by atoms with Gasteiger partial charge in [-0.25, -0.2) is 13.4 Å². The van der Waals surface area contributed by atoms with Gasteiger partial charge in [0, 0.05) is 40.1 Å². The Kier molecular flexibility index (Phi) is 6.74. The Morgan fingerprint density at radius 3 is 2.52 bits per heavy atom. The van der Waals surface area contributed by atoms with Crippen LogP contribution < -0.4 is 15.4 Å². The largest absolute Gasteiger partial charge is 0.493 e. The first-order valence-corrected chi connectivity index (χ1v) is 13.6. The van der Waals surface area contributed by atoms with Crippen molar-refractivity contribution in [1.82, 2.24) is 30.8 Å². The highest BCUT2D eigenvalue weighted by molar-refractivity contribution is 6.01. The molecule has 3 aromatic heterocycles. The average Bonchev–Trinajstić information content (AvgIpc) is 3.38. The van der Waals surface area contributed by atoms with E-state index in [0.29, 0.717) is 35.5 Å². The molecule has 3 N–H and O–H groups in total. The molecule has 4 aromatic rings. The number of anilines is 1. The number of carbonyl (C=O) groups excluding carboxylic acids is 2. The Labute approximate surface area is 239 Å². The number of H-pyrrole nitrogens is 1. The number of rotatable bonds is 7. The molecule has 1 fully saturated rings. The van der Waals surface area contributed by atoms with Gasteiger partial charge in [-0.1, -0.05) is 19.0 Å². The predicted molar refractivity (Wildman–Crippen MR) is 146 cm³/mol. The second-order valence-corrected chi connectivity index (χ2v) is 11.3. The fraction of sp³-hybridized carbons (Fsp3) is 0.379. The minimum atomic E-state index is -1.21. The molecule has 1 aromatic carbocycles. The Morgan fingerprint density at radius 1 is 1.12 bits per heavy atom. The molecule has 0 saturated heterocycles. The van der Waals surface area contributed by atoms with Gasteiger partial charge in [0.25, 0.3) is 5.91 Å². The summed E-state index contributed by atoms with van der Waals surface area (Å²) in [6.45, 7) is 7.61. The first-order valence-electron chi connectivity index (χ1n) is 13.6. The zero-order valence-electron chi connectivity index (χ0n) is 23.4. The highest BCUT2D eigenvalue weighted by Crippen LogP contribution is 2.61. The van der Waals surface area contributed by atoms with Crippen LogP contribution in [0.3, 0.4) is 0 Å². The maximum absolute atomic E-state index is 14.5. The van der Waals surface area contributed by atoms with Crippen molar-refractivity contribution in [3.63, 3.8) is 0 Å². The maximum Gasteiger partial charge on any atom is 0.276 e. The van der Waals surface area contributed by atoms with Crippen molar-refractivity contribution in [3.8, 4) is 17.0 Å². The lowest BCUT2D eigenvalue weighted by Crippen LogP contribution is -2.52. The number of nitrogens with zero attached hydrogens (tertiary/aromatic N) is 4. The summed E-state index contributed by atoms with van der Waals surface area (Å²) in [4.78, 5) is 32.0. The quantitative estimate of drug-likeness (QED) is 0.289. The number of benzene rings is 1. The van der Waals surface area contributed by atoms with E-state index in [1.807, 2.05) is 27.7 Å². The lowest BCUT2D eigenvalue weighted by Gasteiger charge is -2.38. The summed E-state index contributed by atoms with van der Waals surface area (Å²) in [6.07, 6.45) is 2.87. The van der Waals surface area contributed by atoms with Crippen molar-refractivity contribution in [1.29, 1.82) is 0 Å². The summed E-state index contributed by atoms with van der Waals surface area (Å²) < 4.78 is 39.3. The minimum absolute atomic E-state index is 0.0536. The number of carbonyl (C=O) groups is 2. The molecule has 13 heteroatoms. The molecule has 0 bridgehead atoms. The number of aryl methyl sites for hydroxylation is 2. The number of aromatic nitrogens is 5. The first-order chi connectivity index (χ1) is 20.1. The van der Waals surface area contributed by atoms with Crippen LogP contribution in [-0.4, -0.2) is 50.0 Å². The molecule has 42 heavy (non-hydrogen) atoms. The molecule has 1 aliphatic heterocycles. The van der Waals surface area contributed by atoms with Gasteiger partial charge in [0.1, 0.15) is 17.5 Å². The van der Waals surface area contributed by atoms with Crippen LogP contribution in [0.25, 0.3) is 11.3 Å². The van der Waals surface area contributed by atoms with Crippen molar-refractivity contribution in [2.45, 2.75) is 58.4 Å². The van der Waals surface area contributed by atoms with E-state index in [1.54, 1.807) is 12.1 Å². The topological polar surface area (TPSA) is 148 Å². The third-order valence-corrected chi connectivity index (χ3v) is 8.05. The number of ether oxygens (including phenoxy) is 1. The van der Waals surface area contributed by atoms with Crippen LogP contribution in [-0.2, 0) is 4.79 Å². The summed E-state index contributed by atoms with van der Waals surface area (Å²) >= 11 is 0. The van der Waals surface area contributed by atoms with Crippen molar-refractivity contribution in [2.75, 3.05) is 11.9 Å². The lowest BCUT2D eigenvalue weighted by atomic mass is 9.75. The third-order valence-electron chi connectivity index (χ3n) is 8.05. The fourth-order valence-electron chi connectivity index (χ4n) is 5.71. The van der Waals surface area contributed by atoms with E-state index < -0.39 is 40.8 Å². The Morgan fingerprint density at radius 2 is 1.88 bits per heavy atom. The Balaban J connectivity index is 1.36. The number of halogens is 2. The van der Waals surface area contributed by atoms with E-state index in [0.717, 1.165) is 29.1 Å². The number of aromatic amines is 1. The molecule has 11 nitrogen and oxygen atoms in total. The normalized spacial score (nSPS) is 17.5. The van der Waals surface area contributed by atoms with E-state index in [1.165, 1.54) is 6.20 Å². The number of amides is 2. The van der Waals surface area contributed by atoms with Gasteiger partial charge in [-0.2, -0.15) is 5.10 Å². The van der Waals surface area contributed by atoms with Crippen LogP contribution >= 0.6 is 0 Å². The molecular weight excluding hydrogens is 548 g/mol. The van der Waals surface area contributed by atoms with Crippen LogP contribution in [0.1, 0.15) is 71.7 Å². The van der Waals surface area contributed by atoms with E-state index in [4.69, 9.17) is 9.37 Å². The van der Waals surface area contributed by atoms with Crippen LogP contribution in [0.5, 0.6) is 5.75 Å². The number of hydrogen-bond donors (Lipinski definition) is 3. The molecule has 1 saturated carbocycles. The molecule has 4 heterocycles. The molecule has 1 aliphatic carbocycles. The molecule has 2 atom stereocenters. The zero-order valence-corrected chi connectivity index (χ0v) is 23.4. The smallest absolute Gasteiger partial charge is 0.276 e. The van der Waals surface area contributed by atoms with Gasteiger partial charge in [-0.15, -0.1) is 0 Å². The minimum Gasteiger partial charge on any atom is -0.493 e. The van der Waals surface area contributed by atoms with Crippen molar-refractivity contribution in [3.05, 3.63) is 70.4 Å². The van der Waals surface area contributed by atoms with E-state index in [2.05, 4.69) is 36.1 Å². The van der Waals surface area contributed by atoms with E-state index in [9.17, 15) is 18.4 Å². The van der Waals surface area contributed by atoms with Crippen molar-refractivity contribution >= 4 is 17.5 Å². The van der Waals surface area contributed by atoms with E-state index in [-0.39, 0.29) is 24.0 Å². The molecule has 6 rings (SSSR count). The Bertz CT molecular complexity index is 1660. The predicted octanol–water partition coefficient (Wildman–Crippen LogP) is 4.57. The van der Waals surface area contributed by atoms with Gasteiger partial charge in [0.15, 0.2) is 17.3 Å². The first kappa shape index (κ1) is 27.5. The molecular formula is C29H29F2N7O4. The number of pyridine rings is 1. The molecule has 1 unspecified atom stereocenters. The number of fused-ring (bicyclic) bond motifs is 1. The summed E-state index contributed by atoms with van der Waals surface area (Å²) in [5.74, 6) is -4.13. The summed E-state index contributed by atoms with van der Waals surface area (Å²) in [7, 11) is 0. The second-order valence-electron chi connectivity index (χ2n) is 11.3. The molecule has 2 aliphatic rings. The van der Waals surface area contributed by atoms with Gasteiger partial charge >= 0.3 is 0 Å². The van der Waals surface area contributed by atoms with Gasteiger partial charge in [-0.05, 0) is 50.0 Å². The van der Waals surface area contributed by atoms with Crippen molar-refractivity contribution < 1.29 is 27.7 Å². The highest BCUT2D eigenvalue weighted by Gasteiger charge is 2.58. The van der Waals surface area contributed by atoms with Crippen LogP contribution in [0.15, 0.2) is 35.1 Å². The second kappa shape index (κ2) is 10.3. The Hall–Kier alpha value is -4.68. The SMILES string of the molecule is Cc1n[nH]c(C)c1-c1ccc(NC(=O)[C@@H](NC(=O)c2nonc2C(C)C)C2c3cc(F)c(F)cc3OCC23CC3)cn1. The number of nitrogens with one attached hydrogen (secondary N) is 3. The average molecular weight is 578 g/mol. The summed E-state index contributed by atoms with van der Waals surface area (Å²) in [5, 5.41) is 20.4. The number of hydrogen-bond acceptors (Lipinski definition) is 8. The fourth-order valence-corrected chi connectivity index (χ4v) is 5.71. The lowest BCUT2D eigenvalue weighted by molar-refractivity contribution is -0.119. The molecule has 0 radical (unpaired) electrons. The third kappa shape index (κ3) is 4.78. The monoisotopic (exact) mass is 577 g/mol. The van der Waals surface area contributed by atoms with Crippen molar-refractivity contribution in [2.24, 2.45) is 5.41 Å². The van der Waals surface area contributed by atoms with Gasteiger partial charge in [-0.3, -0.25) is 19.7 Å². The molecule has 2 amide bonds. The summed E-state index contributed by atoms with van der Waals surface area (Å²) in [5.41, 5.74) is 3.61. The van der Waals surface area contributed by atoms with Crippen LogP contribution in [0.2, 0.25) is 0 Å².